The first kappa shape index (κ1) is 16.1. The molecule has 1 amide bonds. The molecule has 1 aromatic heterocycles. The highest BCUT2D eigenvalue weighted by molar-refractivity contribution is 7.99. The third-order valence-electron chi connectivity index (χ3n) is 3.00. The molecule has 5 heteroatoms. The van der Waals surface area contributed by atoms with Gasteiger partial charge in [0.25, 0.3) is 5.91 Å². The highest BCUT2D eigenvalue weighted by Crippen LogP contribution is 2.22. The van der Waals surface area contributed by atoms with Crippen LogP contribution >= 0.6 is 11.8 Å². The van der Waals surface area contributed by atoms with E-state index in [1.54, 1.807) is 24.4 Å². The molecule has 0 radical (unpaired) electrons. The molecule has 0 fully saturated rings. The fourth-order valence-corrected chi connectivity index (χ4v) is 2.59. The quantitative estimate of drug-likeness (QED) is 0.653. The van der Waals surface area contributed by atoms with Crippen LogP contribution in [-0.2, 0) is 0 Å². The zero-order valence-corrected chi connectivity index (χ0v) is 13.6. The summed E-state index contributed by atoms with van der Waals surface area (Å²) in [6, 6.07) is 11.3. The van der Waals surface area contributed by atoms with Gasteiger partial charge >= 0.3 is 0 Å². The molecule has 114 valence electrons. The minimum atomic E-state index is -0.155. The van der Waals surface area contributed by atoms with Crippen LogP contribution in [0.3, 0.4) is 0 Å². The van der Waals surface area contributed by atoms with Crippen molar-refractivity contribution in [1.82, 2.24) is 4.98 Å². The van der Waals surface area contributed by atoms with Gasteiger partial charge in [0, 0.05) is 37.4 Å². The van der Waals surface area contributed by atoms with Crippen molar-refractivity contribution in [3.63, 3.8) is 0 Å². The Morgan fingerprint density at radius 2 is 2.05 bits per heavy atom. The Bertz CT molecular complexity index is 653. The molecule has 0 aliphatic carbocycles. The van der Waals surface area contributed by atoms with Gasteiger partial charge in [0.05, 0.1) is 5.56 Å². The molecule has 1 aromatic carbocycles. The maximum absolute atomic E-state index is 12.4. The van der Waals surface area contributed by atoms with Gasteiger partial charge < -0.3 is 10.2 Å². The van der Waals surface area contributed by atoms with Crippen LogP contribution in [0.15, 0.2) is 60.3 Å². The Kier molecular flexibility index (Phi) is 5.61. The summed E-state index contributed by atoms with van der Waals surface area (Å²) in [5.41, 5.74) is 2.42. The number of rotatable bonds is 6. The Balaban J connectivity index is 2.13. The van der Waals surface area contributed by atoms with E-state index in [1.807, 2.05) is 43.3 Å². The largest absolute Gasteiger partial charge is 0.378 e. The molecule has 0 saturated heterocycles. The highest BCUT2D eigenvalue weighted by atomic mass is 32.2. The van der Waals surface area contributed by atoms with Crippen LogP contribution in [0.2, 0.25) is 0 Å². The molecule has 1 heterocycles. The van der Waals surface area contributed by atoms with E-state index in [0.717, 1.165) is 17.1 Å². The van der Waals surface area contributed by atoms with Crippen molar-refractivity contribution in [3.05, 3.63) is 60.8 Å². The lowest BCUT2D eigenvalue weighted by atomic mass is 10.2. The normalized spacial score (nSPS) is 10.1. The summed E-state index contributed by atoms with van der Waals surface area (Å²) in [6.07, 6.45) is 3.48. The van der Waals surface area contributed by atoms with Crippen LogP contribution < -0.4 is 10.2 Å². The van der Waals surface area contributed by atoms with Crippen molar-refractivity contribution in [1.29, 1.82) is 0 Å². The van der Waals surface area contributed by atoms with E-state index in [1.165, 1.54) is 11.8 Å². The summed E-state index contributed by atoms with van der Waals surface area (Å²) in [4.78, 5) is 18.7. The minimum absolute atomic E-state index is 0.155. The first-order valence-corrected chi connectivity index (χ1v) is 7.88. The number of amides is 1. The average Bonchev–Trinajstić information content (AvgIpc) is 2.53. The number of nitrogens with one attached hydrogen (secondary N) is 1. The first-order valence-electron chi connectivity index (χ1n) is 6.89. The van der Waals surface area contributed by atoms with E-state index in [9.17, 15) is 4.79 Å². The maximum Gasteiger partial charge on any atom is 0.258 e. The van der Waals surface area contributed by atoms with Crippen LogP contribution in [0, 0.1) is 0 Å². The number of anilines is 2. The molecule has 4 nitrogen and oxygen atoms in total. The standard InChI is InChI=1S/C17H19N3OS/c1-4-12-22-17-15(6-5-11-18-17)16(21)19-13-7-9-14(10-8-13)20(2)3/h4-11H,1,12H2,2-3H3,(H,19,21). The summed E-state index contributed by atoms with van der Waals surface area (Å²) in [5.74, 6) is 0.562. The van der Waals surface area contributed by atoms with Gasteiger partial charge in [-0.15, -0.1) is 18.3 Å². The molecule has 22 heavy (non-hydrogen) atoms. The number of thioether (sulfide) groups is 1. The summed E-state index contributed by atoms with van der Waals surface area (Å²) in [6.45, 7) is 3.69. The Morgan fingerprint density at radius 1 is 1.32 bits per heavy atom. The first-order chi connectivity index (χ1) is 10.6. The minimum Gasteiger partial charge on any atom is -0.378 e. The zero-order chi connectivity index (χ0) is 15.9. The summed E-state index contributed by atoms with van der Waals surface area (Å²) >= 11 is 1.50. The predicted molar refractivity (Wildman–Crippen MR) is 93.9 cm³/mol. The number of nitrogens with zero attached hydrogens (tertiary/aromatic N) is 2. The molecule has 2 rings (SSSR count). The van der Waals surface area contributed by atoms with Gasteiger partial charge in [0.2, 0.25) is 0 Å². The molecule has 0 aliphatic rings. The molecule has 0 unspecified atom stereocenters. The SMILES string of the molecule is C=CCSc1ncccc1C(=O)Nc1ccc(N(C)C)cc1. The van der Waals surface area contributed by atoms with Crippen LogP contribution in [0.1, 0.15) is 10.4 Å². The van der Waals surface area contributed by atoms with Gasteiger partial charge in [-0.1, -0.05) is 6.08 Å². The highest BCUT2D eigenvalue weighted by Gasteiger charge is 2.12. The lowest BCUT2D eigenvalue weighted by molar-refractivity contribution is 0.102. The second-order valence-corrected chi connectivity index (χ2v) is 5.86. The molecule has 0 spiro atoms. The van der Waals surface area contributed by atoms with Gasteiger partial charge in [-0.3, -0.25) is 4.79 Å². The molecule has 0 atom stereocenters. The molecule has 1 N–H and O–H groups in total. The summed E-state index contributed by atoms with van der Waals surface area (Å²) in [7, 11) is 3.96. The van der Waals surface area contributed by atoms with E-state index < -0.39 is 0 Å². The average molecular weight is 313 g/mol. The number of pyridine rings is 1. The number of hydrogen-bond acceptors (Lipinski definition) is 4. The topological polar surface area (TPSA) is 45.2 Å². The number of carbonyl (C=O) groups is 1. The van der Waals surface area contributed by atoms with Crippen molar-refractivity contribution >= 4 is 29.0 Å². The van der Waals surface area contributed by atoms with Crippen molar-refractivity contribution < 1.29 is 4.79 Å². The zero-order valence-electron chi connectivity index (χ0n) is 12.7. The lowest BCUT2D eigenvalue weighted by Crippen LogP contribution is -2.14. The second kappa shape index (κ2) is 7.66. The third-order valence-corrected chi connectivity index (χ3v) is 4.00. The van der Waals surface area contributed by atoms with Crippen molar-refractivity contribution in [2.75, 3.05) is 30.1 Å². The second-order valence-electron chi connectivity index (χ2n) is 4.85. The van der Waals surface area contributed by atoms with Crippen molar-refractivity contribution in [2.45, 2.75) is 5.03 Å². The molecular formula is C17H19N3OS. The lowest BCUT2D eigenvalue weighted by Gasteiger charge is -2.13. The number of aromatic nitrogens is 1. The van der Waals surface area contributed by atoms with Crippen LogP contribution in [-0.4, -0.2) is 30.7 Å². The van der Waals surface area contributed by atoms with Gasteiger partial charge in [-0.25, -0.2) is 4.98 Å². The van der Waals surface area contributed by atoms with Crippen LogP contribution in [0.25, 0.3) is 0 Å². The number of hydrogen-bond donors (Lipinski definition) is 1. The Hall–Kier alpha value is -2.27. The van der Waals surface area contributed by atoms with Gasteiger partial charge in [-0.05, 0) is 36.4 Å². The van der Waals surface area contributed by atoms with Crippen molar-refractivity contribution in [3.8, 4) is 0 Å². The maximum atomic E-state index is 12.4. The summed E-state index contributed by atoms with van der Waals surface area (Å²) in [5, 5.41) is 3.62. The van der Waals surface area contributed by atoms with E-state index in [0.29, 0.717) is 10.6 Å². The fraction of sp³-hybridized carbons (Fsp3) is 0.176. The van der Waals surface area contributed by atoms with Crippen LogP contribution in [0.5, 0.6) is 0 Å². The number of carbonyl (C=O) groups excluding carboxylic acids is 1. The monoisotopic (exact) mass is 313 g/mol. The molecule has 0 aliphatic heterocycles. The fourth-order valence-electron chi connectivity index (χ4n) is 1.86. The molecular weight excluding hydrogens is 294 g/mol. The Labute approximate surface area is 135 Å². The molecule has 2 aromatic rings. The third kappa shape index (κ3) is 4.11. The van der Waals surface area contributed by atoms with Gasteiger partial charge in [0.15, 0.2) is 0 Å². The summed E-state index contributed by atoms with van der Waals surface area (Å²) < 4.78 is 0. The van der Waals surface area contributed by atoms with E-state index in [2.05, 4.69) is 16.9 Å². The van der Waals surface area contributed by atoms with Gasteiger partial charge in [0.1, 0.15) is 5.03 Å². The predicted octanol–water partition coefficient (Wildman–Crippen LogP) is 3.68. The molecule has 0 saturated carbocycles. The smallest absolute Gasteiger partial charge is 0.258 e. The van der Waals surface area contributed by atoms with E-state index in [4.69, 9.17) is 0 Å². The van der Waals surface area contributed by atoms with Gasteiger partial charge in [-0.2, -0.15) is 0 Å². The van der Waals surface area contributed by atoms with E-state index in [-0.39, 0.29) is 5.91 Å². The number of benzene rings is 1. The van der Waals surface area contributed by atoms with Crippen molar-refractivity contribution in [2.24, 2.45) is 0 Å². The van der Waals surface area contributed by atoms with E-state index >= 15 is 0 Å². The Morgan fingerprint density at radius 3 is 2.68 bits per heavy atom. The van der Waals surface area contributed by atoms with Crippen LogP contribution in [0.4, 0.5) is 11.4 Å². The molecule has 0 bridgehead atoms.